The fourth-order valence-electron chi connectivity index (χ4n) is 2.38. The summed E-state index contributed by atoms with van der Waals surface area (Å²) in [4.78, 5) is 20.8. The fraction of sp³-hybridized carbons (Fsp3) is 0.167. The zero-order valence-corrected chi connectivity index (χ0v) is 14.6. The Morgan fingerprint density at radius 1 is 1.28 bits per heavy atom. The monoisotopic (exact) mass is 361 g/mol. The number of carbonyl (C=O) groups is 1. The van der Waals surface area contributed by atoms with Gasteiger partial charge in [0.05, 0.1) is 12.3 Å². The molecule has 0 amide bonds. The molecule has 0 saturated carbocycles. The molecule has 0 atom stereocenters. The van der Waals surface area contributed by atoms with Gasteiger partial charge in [0.25, 0.3) is 0 Å². The first-order valence-electron chi connectivity index (χ1n) is 7.54. The van der Waals surface area contributed by atoms with Crippen LogP contribution in [0.15, 0.2) is 42.6 Å². The van der Waals surface area contributed by atoms with Crippen LogP contribution in [0.5, 0.6) is 0 Å². The van der Waals surface area contributed by atoms with Crippen molar-refractivity contribution in [3.05, 3.63) is 59.7 Å². The Bertz CT molecular complexity index is 918. The summed E-state index contributed by atoms with van der Waals surface area (Å²) in [6.07, 6.45) is 1.42. The minimum Gasteiger partial charge on any atom is -0.462 e. The molecule has 0 unspecified atom stereocenters. The zero-order valence-electron chi connectivity index (χ0n) is 13.7. The molecule has 3 rings (SSSR count). The van der Waals surface area contributed by atoms with E-state index in [0.29, 0.717) is 22.4 Å². The number of rotatable bonds is 4. The molecule has 0 aliphatic carbocycles. The SMILES string of the molecule is CCOC(=O)c1cnc2nc(C)ccc2c1Nc1cccc(F)c1.Cl. The predicted octanol–water partition coefficient (Wildman–Crippen LogP) is 4.42. The number of nitrogens with one attached hydrogen (secondary N) is 1. The third-order valence-electron chi connectivity index (χ3n) is 3.46. The quantitative estimate of drug-likeness (QED) is 0.697. The van der Waals surface area contributed by atoms with Crippen molar-refractivity contribution in [3.63, 3.8) is 0 Å². The Hall–Kier alpha value is -2.73. The van der Waals surface area contributed by atoms with Crippen LogP contribution in [0.1, 0.15) is 23.0 Å². The lowest BCUT2D eigenvalue weighted by atomic mass is 10.1. The third-order valence-corrected chi connectivity index (χ3v) is 3.46. The number of fused-ring (bicyclic) bond motifs is 1. The summed E-state index contributed by atoms with van der Waals surface area (Å²) < 4.78 is 18.5. The molecule has 1 N–H and O–H groups in total. The van der Waals surface area contributed by atoms with E-state index in [-0.39, 0.29) is 30.4 Å². The first kappa shape index (κ1) is 18.6. The smallest absolute Gasteiger partial charge is 0.341 e. The molecule has 0 saturated heterocycles. The normalized spacial score (nSPS) is 10.2. The van der Waals surface area contributed by atoms with Crippen molar-refractivity contribution in [2.24, 2.45) is 0 Å². The number of pyridine rings is 2. The van der Waals surface area contributed by atoms with Crippen LogP contribution >= 0.6 is 12.4 Å². The van der Waals surface area contributed by atoms with E-state index in [1.807, 2.05) is 19.1 Å². The molecule has 0 bridgehead atoms. The van der Waals surface area contributed by atoms with Gasteiger partial charge in [-0.15, -0.1) is 12.4 Å². The van der Waals surface area contributed by atoms with E-state index in [1.54, 1.807) is 19.1 Å². The molecule has 0 radical (unpaired) electrons. The Morgan fingerprint density at radius 3 is 2.80 bits per heavy atom. The lowest BCUT2D eigenvalue weighted by molar-refractivity contribution is 0.0527. The number of aromatic nitrogens is 2. The molecular formula is C18H17ClFN3O2. The van der Waals surface area contributed by atoms with Crippen molar-refractivity contribution in [1.29, 1.82) is 0 Å². The van der Waals surface area contributed by atoms with Gasteiger partial charge in [-0.05, 0) is 44.2 Å². The third kappa shape index (κ3) is 4.03. The van der Waals surface area contributed by atoms with E-state index in [0.717, 1.165) is 5.69 Å². The number of ether oxygens (including phenoxy) is 1. The minimum absolute atomic E-state index is 0. The van der Waals surface area contributed by atoms with Gasteiger partial charge in [-0.3, -0.25) is 0 Å². The molecule has 0 aliphatic heterocycles. The molecule has 25 heavy (non-hydrogen) atoms. The summed E-state index contributed by atoms with van der Waals surface area (Å²) in [5, 5.41) is 3.76. The molecule has 0 spiro atoms. The van der Waals surface area contributed by atoms with E-state index in [2.05, 4.69) is 15.3 Å². The summed E-state index contributed by atoms with van der Waals surface area (Å²) in [6, 6.07) is 9.67. The van der Waals surface area contributed by atoms with Gasteiger partial charge >= 0.3 is 5.97 Å². The number of anilines is 2. The van der Waals surface area contributed by atoms with E-state index in [1.165, 1.54) is 18.3 Å². The summed E-state index contributed by atoms with van der Waals surface area (Å²) in [5.74, 6) is -0.864. The van der Waals surface area contributed by atoms with Crippen LogP contribution < -0.4 is 5.32 Å². The number of esters is 1. The van der Waals surface area contributed by atoms with Gasteiger partial charge in [-0.1, -0.05) is 6.07 Å². The van der Waals surface area contributed by atoms with Gasteiger partial charge in [0.15, 0.2) is 5.65 Å². The van der Waals surface area contributed by atoms with Crippen molar-refractivity contribution < 1.29 is 13.9 Å². The van der Waals surface area contributed by atoms with Crippen molar-refractivity contribution in [2.45, 2.75) is 13.8 Å². The number of hydrogen-bond acceptors (Lipinski definition) is 5. The van der Waals surface area contributed by atoms with Gasteiger partial charge < -0.3 is 10.1 Å². The number of carbonyl (C=O) groups excluding carboxylic acids is 1. The Labute approximate surface area is 150 Å². The van der Waals surface area contributed by atoms with Crippen LogP contribution in [0.4, 0.5) is 15.8 Å². The molecule has 7 heteroatoms. The Balaban J connectivity index is 0.00000225. The van der Waals surface area contributed by atoms with E-state index < -0.39 is 5.97 Å². The van der Waals surface area contributed by atoms with Gasteiger partial charge in [-0.2, -0.15) is 0 Å². The Morgan fingerprint density at radius 2 is 2.08 bits per heavy atom. The summed E-state index contributed by atoms with van der Waals surface area (Å²) in [5.41, 5.74) is 2.61. The largest absolute Gasteiger partial charge is 0.462 e. The maximum Gasteiger partial charge on any atom is 0.341 e. The second-order valence-corrected chi connectivity index (χ2v) is 5.23. The van der Waals surface area contributed by atoms with Gasteiger partial charge in [0, 0.05) is 23.0 Å². The zero-order chi connectivity index (χ0) is 17.1. The lowest BCUT2D eigenvalue weighted by Gasteiger charge is -2.14. The van der Waals surface area contributed by atoms with Crippen molar-refractivity contribution >= 4 is 40.8 Å². The van der Waals surface area contributed by atoms with Crippen LogP contribution in [0.3, 0.4) is 0 Å². The minimum atomic E-state index is -0.494. The number of halogens is 2. The maximum absolute atomic E-state index is 13.5. The molecular weight excluding hydrogens is 345 g/mol. The highest BCUT2D eigenvalue weighted by Crippen LogP contribution is 2.29. The van der Waals surface area contributed by atoms with Crippen LogP contribution in [-0.4, -0.2) is 22.5 Å². The molecule has 2 aromatic heterocycles. The van der Waals surface area contributed by atoms with Gasteiger partial charge in [-0.25, -0.2) is 19.2 Å². The topological polar surface area (TPSA) is 64.1 Å². The number of nitrogens with zero attached hydrogens (tertiary/aromatic N) is 2. The molecule has 130 valence electrons. The summed E-state index contributed by atoms with van der Waals surface area (Å²) in [7, 11) is 0. The predicted molar refractivity (Wildman–Crippen MR) is 97.2 cm³/mol. The van der Waals surface area contributed by atoms with E-state index in [9.17, 15) is 9.18 Å². The van der Waals surface area contributed by atoms with E-state index >= 15 is 0 Å². The molecule has 1 aromatic carbocycles. The van der Waals surface area contributed by atoms with Crippen molar-refractivity contribution in [1.82, 2.24) is 9.97 Å². The fourth-order valence-corrected chi connectivity index (χ4v) is 2.38. The molecule has 0 fully saturated rings. The second kappa shape index (κ2) is 7.90. The molecule has 5 nitrogen and oxygen atoms in total. The van der Waals surface area contributed by atoms with Crippen molar-refractivity contribution in [2.75, 3.05) is 11.9 Å². The van der Waals surface area contributed by atoms with Crippen LogP contribution in [0.2, 0.25) is 0 Å². The lowest BCUT2D eigenvalue weighted by Crippen LogP contribution is -2.09. The van der Waals surface area contributed by atoms with Crippen molar-refractivity contribution in [3.8, 4) is 0 Å². The van der Waals surface area contributed by atoms with E-state index in [4.69, 9.17) is 4.74 Å². The first-order chi connectivity index (χ1) is 11.6. The number of hydrogen-bond donors (Lipinski definition) is 1. The van der Waals surface area contributed by atoms with Gasteiger partial charge in [0.1, 0.15) is 11.4 Å². The van der Waals surface area contributed by atoms with Crippen LogP contribution in [0, 0.1) is 12.7 Å². The summed E-state index contributed by atoms with van der Waals surface area (Å²) in [6.45, 7) is 3.85. The Kier molecular flexibility index (Phi) is 5.88. The highest BCUT2D eigenvalue weighted by molar-refractivity contribution is 6.05. The molecule has 2 heterocycles. The van der Waals surface area contributed by atoms with Crippen LogP contribution in [-0.2, 0) is 4.74 Å². The molecule has 3 aromatic rings. The van der Waals surface area contributed by atoms with Gasteiger partial charge in [0.2, 0.25) is 0 Å². The standard InChI is InChI=1S/C18H16FN3O2.ClH/c1-3-24-18(23)15-10-20-17-14(8-7-11(2)21-17)16(15)22-13-6-4-5-12(19)9-13;/h4-10H,3H2,1-2H3,(H,20,21,22);1H. The summed E-state index contributed by atoms with van der Waals surface area (Å²) >= 11 is 0. The number of aryl methyl sites for hydroxylation is 1. The number of benzene rings is 1. The maximum atomic E-state index is 13.5. The highest BCUT2D eigenvalue weighted by atomic mass is 35.5. The van der Waals surface area contributed by atoms with Crippen LogP contribution in [0.25, 0.3) is 11.0 Å². The average Bonchev–Trinajstić information content (AvgIpc) is 2.55. The second-order valence-electron chi connectivity index (χ2n) is 5.23. The average molecular weight is 362 g/mol. The first-order valence-corrected chi connectivity index (χ1v) is 7.54. The molecule has 0 aliphatic rings. The highest BCUT2D eigenvalue weighted by Gasteiger charge is 2.17.